The summed E-state index contributed by atoms with van der Waals surface area (Å²) in [5.74, 6) is 1.00. The van der Waals surface area contributed by atoms with Crippen molar-refractivity contribution >= 4 is 21.7 Å². The van der Waals surface area contributed by atoms with Crippen LogP contribution in [0.3, 0.4) is 0 Å². The Balaban J connectivity index is 2.82. The molecule has 0 amide bonds. The maximum absolute atomic E-state index is 11.2. The summed E-state index contributed by atoms with van der Waals surface area (Å²) < 4.78 is 5.69. The van der Waals surface area contributed by atoms with Crippen LogP contribution in [0.2, 0.25) is 0 Å². The number of halogens is 1. The van der Waals surface area contributed by atoms with Gasteiger partial charge in [-0.25, -0.2) is 0 Å². The van der Waals surface area contributed by atoms with Crippen LogP contribution >= 0.6 is 15.9 Å². The minimum absolute atomic E-state index is 0.135. The fourth-order valence-corrected chi connectivity index (χ4v) is 1.73. The normalized spacial score (nSPS) is 12.6. The Morgan fingerprint density at radius 1 is 1.38 bits per heavy atom. The topological polar surface area (TPSA) is 26.3 Å². The number of carbonyl (C=O) groups excluding carboxylic acids is 1. The number of hydrogen-bond donors (Lipinski definition) is 0. The van der Waals surface area contributed by atoms with Gasteiger partial charge in [0.25, 0.3) is 0 Å². The van der Waals surface area contributed by atoms with E-state index in [1.54, 1.807) is 6.92 Å². The summed E-state index contributed by atoms with van der Waals surface area (Å²) in [6, 6.07) is 7.84. The molecule has 0 aliphatic carbocycles. The highest BCUT2D eigenvalue weighted by molar-refractivity contribution is 9.10. The number of alkyl halides is 1. The van der Waals surface area contributed by atoms with Gasteiger partial charge in [0.05, 0.1) is 10.9 Å². The van der Waals surface area contributed by atoms with Gasteiger partial charge in [0.15, 0.2) is 0 Å². The van der Waals surface area contributed by atoms with Crippen molar-refractivity contribution in [3.05, 3.63) is 29.8 Å². The Hall–Kier alpha value is -0.830. The zero-order valence-corrected chi connectivity index (χ0v) is 11.5. The van der Waals surface area contributed by atoms with Crippen molar-refractivity contribution in [3.8, 4) is 5.75 Å². The lowest BCUT2D eigenvalue weighted by molar-refractivity contribution is -0.116. The standard InChI is InChI=1S/C13H17BrO2/c1-9(2)16-13-7-5-4-6-11(13)8-12(14)10(3)15/h4-7,9,12H,8H2,1-3H3. The van der Waals surface area contributed by atoms with Gasteiger partial charge in [-0.15, -0.1) is 0 Å². The average Bonchev–Trinajstić information content (AvgIpc) is 2.20. The van der Waals surface area contributed by atoms with Crippen LogP contribution in [0, 0.1) is 0 Å². The highest BCUT2D eigenvalue weighted by atomic mass is 79.9. The summed E-state index contributed by atoms with van der Waals surface area (Å²) in [6.07, 6.45) is 0.811. The minimum Gasteiger partial charge on any atom is -0.491 e. The highest BCUT2D eigenvalue weighted by Crippen LogP contribution is 2.23. The SMILES string of the molecule is CC(=O)C(Br)Cc1ccccc1OC(C)C. The van der Waals surface area contributed by atoms with Crippen LogP contribution in [0.15, 0.2) is 24.3 Å². The predicted octanol–water partition coefficient (Wildman–Crippen LogP) is 3.37. The van der Waals surface area contributed by atoms with Gasteiger partial charge >= 0.3 is 0 Å². The lowest BCUT2D eigenvalue weighted by Crippen LogP contribution is -2.14. The van der Waals surface area contributed by atoms with Crippen LogP contribution in [0.4, 0.5) is 0 Å². The van der Waals surface area contributed by atoms with Gasteiger partial charge in [-0.1, -0.05) is 34.1 Å². The van der Waals surface area contributed by atoms with Gasteiger partial charge in [0.2, 0.25) is 0 Å². The fourth-order valence-electron chi connectivity index (χ4n) is 1.38. The molecule has 16 heavy (non-hydrogen) atoms. The van der Waals surface area contributed by atoms with E-state index in [4.69, 9.17) is 4.74 Å². The molecule has 1 aromatic carbocycles. The van der Waals surface area contributed by atoms with E-state index in [0.717, 1.165) is 11.3 Å². The molecule has 1 unspecified atom stereocenters. The zero-order chi connectivity index (χ0) is 12.1. The van der Waals surface area contributed by atoms with Gasteiger partial charge in [-0.05, 0) is 38.8 Å². The van der Waals surface area contributed by atoms with Crippen LogP contribution in [0.5, 0.6) is 5.75 Å². The first-order valence-electron chi connectivity index (χ1n) is 5.39. The van der Waals surface area contributed by atoms with E-state index in [-0.39, 0.29) is 16.7 Å². The number of ketones is 1. The monoisotopic (exact) mass is 284 g/mol. The third kappa shape index (κ3) is 3.97. The largest absolute Gasteiger partial charge is 0.491 e. The van der Waals surface area contributed by atoms with Crippen molar-refractivity contribution in [1.82, 2.24) is 0 Å². The van der Waals surface area contributed by atoms with E-state index >= 15 is 0 Å². The van der Waals surface area contributed by atoms with E-state index in [1.165, 1.54) is 0 Å². The molecule has 0 N–H and O–H groups in total. The molecule has 0 heterocycles. The minimum atomic E-state index is -0.135. The first-order valence-corrected chi connectivity index (χ1v) is 6.31. The third-order valence-corrected chi connectivity index (χ3v) is 3.14. The van der Waals surface area contributed by atoms with E-state index < -0.39 is 0 Å². The fraction of sp³-hybridized carbons (Fsp3) is 0.462. The molecule has 0 fully saturated rings. The average molecular weight is 285 g/mol. The van der Waals surface area contributed by atoms with Crippen molar-refractivity contribution in [1.29, 1.82) is 0 Å². The number of hydrogen-bond acceptors (Lipinski definition) is 2. The molecule has 3 heteroatoms. The van der Waals surface area contributed by atoms with Crippen LogP contribution in [-0.4, -0.2) is 16.7 Å². The van der Waals surface area contributed by atoms with Crippen LogP contribution in [0.1, 0.15) is 26.3 Å². The lowest BCUT2D eigenvalue weighted by atomic mass is 10.1. The summed E-state index contributed by atoms with van der Waals surface area (Å²) in [5, 5.41) is 0. The maximum Gasteiger partial charge on any atom is 0.143 e. The smallest absolute Gasteiger partial charge is 0.143 e. The molecule has 1 atom stereocenters. The van der Waals surface area contributed by atoms with Gasteiger partial charge in [-0.2, -0.15) is 0 Å². The molecule has 88 valence electrons. The van der Waals surface area contributed by atoms with Crippen molar-refractivity contribution in [2.75, 3.05) is 0 Å². The summed E-state index contributed by atoms with van der Waals surface area (Å²) >= 11 is 3.37. The lowest BCUT2D eigenvalue weighted by Gasteiger charge is -2.15. The first kappa shape index (κ1) is 13.2. The summed E-state index contributed by atoms with van der Waals surface area (Å²) in [7, 11) is 0. The Kier molecular flexibility index (Phi) is 5.00. The molecule has 0 aromatic heterocycles. The molecule has 1 rings (SSSR count). The van der Waals surface area contributed by atoms with Crippen LogP contribution < -0.4 is 4.74 Å². The Labute approximate surface area is 105 Å². The Bertz CT molecular complexity index is 361. The zero-order valence-electron chi connectivity index (χ0n) is 9.87. The number of rotatable bonds is 5. The molecular weight excluding hydrogens is 268 g/mol. The van der Waals surface area contributed by atoms with Gasteiger partial charge in [0.1, 0.15) is 11.5 Å². The summed E-state index contributed by atoms with van der Waals surface area (Å²) in [6.45, 7) is 5.58. The molecule has 0 saturated heterocycles. The molecule has 0 spiro atoms. The third-order valence-electron chi connectivity index (χ3n) is 2.18. The van der Waals surface area contributed by atoms with Crippen LogP contribution in [0.25, 0.3) is 0 Å². The number of benzene rings is 1. The first-order chi connectivity index (χ1) is 7.50. The predicted molar refractivity (Wildman–Crippen MR) is 69.3 cm³/mol. The van der Waals surface area contributed by atoms with Gasteiger partial charge in [-0.3, -0.25) is 4.79 Å². The number of ether oxygens (including phenoxy) is 1. The van der Waals surface area contributed by atoms with E-state index in [2.05, 4.69) is 15.9 Å². The molecule has 0 aliphatic heterocycles. The summed E-state index contributed by atoms with van der Waals surface area (Å²) in [4.78, 5) is 11.1. The van der Waals surface area contributed by atoms with Crippen molar-refractivity contribution < 1.29 is 9.53 Å². The second kappa shape index (κ2) is 6.04. The quantitative estimate of drug-likeness (QED) is 0.775. The van der Waals surface area contributed by atoms with Crippen molar-refractivity contribution in [3.63, 3.8) is 0 Å². The van der Waals surface area contributed by atoms with Crippen molar-refractivity contribution in [2.24, 2.45) is 0 Å². The Morgan fingerprint density at radius 2 is 2.00 bits per heavy atom. The molecule has 2 nitrogen and oxygen atoms in total. The van der Waals surface area contributed by atoms with E-state index in [9.17, 15) is 4.79 Å². The summed E-state index contributed by atoms with van der Waals surface area (Å²) in [5.41, 5.74) is 1.06. The molecular formula is C13H17BrO2. The second-order valence-electron chi connectivity index (χ2n) is 4.06. The molecule has 0 bridgehead atoms. The number of para-hydroxylation sites is 1. The van der Waals surface area contributed by atoms with Crippen molar-refractivity contribution in [2.45, 2.75) is 38.1 Å². The molecule has 0 saturated carbocycles. The molecule has 1 aromatic rings. The molecule has 0 radical (unpaired) electrons. The second-order valence-corrected chi connectivity index (χ2v) is 5.16. The van der Waals surface area contributed by atoms with Gasteiger partial charge < -0.3 is 4.74 Å². The number of Topliss-reactive ketones (excluding diaryl/α,β-unsaturated/α-hetero) is 1. The van der Waals surface area contributed by atoms with Crippen LogP contribution in [-0.2, 0) is 11.2 Å². The Morgan fingerprint density at radius 3 is 2.56 bits per heavy atom. The van der Waals surface area contributed by atoms with Gasteiger partial charge in [0, 0.05) is 0 Å². The van der Waals surface area contributed by atoms with E-state index in [0.29, 0.717) is 6.42 Å². The highest BCUT2D eigenvalue weighted by Gasteiger charge is 2.13. The molecule has 0 aliphatic rings. The number of carbonyl (C=O) groups is 1. The maximum atomic E-state index is 11.2. The van der Waals surface area contributed by atoms with E-state index in [1.807, 2.05) is 38.1 Å².